The van der Waals surface area contributed by atoms with Crippen LogP contribution in [0.15, 0.2) is 12.5 Å². The van der Waals surface area contributed by atoms with Crippen LogP contribution in [0.25, 0.3) is 0 Å². The van der Waals surface area contributed by atoms with Gasteiger partial charge in [0.1, 0.15) is 18.1 Å². The van der Waals surface area contributed by atoms with E-state index in [-0.39, 0.29) is 12.2 Å². The molecule has 3 amide bonds. The SMILES string of the molecule is CC(NC(=O)C(CO)NC(=O)C(N)Cc1cnc[nH]1)C(=O)NC(CS)C(=O)O. The molecule has 4 unspecified atom stereocenters. The summed E-state index contributed by atoms with van der Waals surface area (Å²) in [5, 5.41) is 25.1. The van der Waals surface area contributed by atoms with Crippen LogP contribution in [0.4, 0.5) is 0 Å². The Balaban J connectivity index is 2.58. The number of nitrogens with two attached hydrogens (primary N) is 1. The molecule has 8 N–H and O–H groups in total. The molecular weight excluding hydrogens is 392 g/mol. The minimum Gasteiger partial charge on any atom is -0.480 e. The molecule has 28 heavy (non-hydrogen) atoms. The van der Waals surface area contributed by atoms with Crippen LogP contribution >= 0.6 is 12.6 Å². The van der Waals surface area contributed by atoms with Crippen LogP contribution in [0.5, 0.6) is 0 Å². The van der Waals surface area contributed by atoms with Crippen molar-refractivity contribution in [2.24, 2.45) is 5.73 Å². The summed E-state index contributed by atoms with van der Waals surface area (Å²) in [5.41, 5.74) is 6.38. The minimum atomic E-state index is -1.34. The maximum absolute atomic E-state index is 12.2. The zero-order valence-electron chi connectivity index (χ0n) is 15.1. The van der Waals surface area contributed by atoms with E-state index in [2.05, 4.69) is 38.5 Å². The number of aliphatic hydroxyl groups excluding tert-OH is 1. The highest BCUT2D eigenvalue weighted by Gasteiger charge is 2.27. The molecule has 0 fully saturated rings. The molecule has 0 radical (unpaired) electrons. The second kappa shape index (κ2) is 11.3. The molecule has 12 nitrogen and oxygen atoms in total. The maximum Gasteiger partial charge on any atom is 0.327 e. The van der Waals surface area contributed by atoms with Crippen molar-refractivity contribution in [2.75, 3.05) is 12.4 Å². The van der Waals surface area contributed by atoms with Crippen LogP contribution in [0.3, 0.4) is 0 Å². The second-order valence-corrected chi connectivity index (χ2v) is 6.31. The van der Waals surface area contributed by atoms with Gasteiger partial charge in [-0.15, -0.1) is 0 Å². The summed E-state index contributed by atoms with van der Waals surface area (Å²) in [7, 11) is 0. The maximum atomic E-state index is 12.2. The van der Waals surface area contributed by atoms with Crippen LogP contribution in [0, 0.1) is 0 Å². The van der Waals surface area contributed by atoms with Crippen LogP contribution < -0.4 is 21.7 Å². The van der Waals surface area contributed by atoms with Crippen molar-refractivity contribution in [1.82, 2.24) is 25.9 Å². The molecule has 0 saturated carbocycles. The van der Waals surface area contributed by atoms with Gasteiger partial charge in [-0.25, -0.2) is 9.78 Å². The zero-order valence-corrected chi connectivity index (χ0v) is 16.0. The third-order valence-corrected chi connectivity index (χ3v) is 4.06. The molecule has 0 bridgehead atoms. The lowest BCUT2D eigenvalue weighted by Crippen LogP contribution is -2.57. The van der Waals surface area contributed by atoms with Gasteiger partial charge in [0, 0.05) is 24.1 Å². The molecule has 0 aliphatic carbocycles. The number of hydrogen-bond acceptors (Lipinski definition) is 8. The van der Waals surface area contributed by atoms with Gasteiger partial charge in [0.25, 0.3) is 0 Å². The van der Waals surface area contributed by atoms with E-state index in [4.69, 9.17) is 10.8 Å². The summed E-state index contributed by atoms with van der Waals surface area (Å²) in [6, 6.07) is -4.66. The number of hydrogen-bond donors (Lipinski definition) is 8. The van der Waals surface area contributed by atoms with E-state index in [9.17, 15) is 24.3 Å². The number of carbonyl (C=O) groups excluding carboxylic acids is 3. The number of amides is 3. The number of thiol groups is 1. The van der Waals surface area contributed by atoms with Crippen molar-refractivity contribution in [2.45, 2.75) is 37.5 Å². The van der Waals surface area contributed by atoms with E-state index >= 15 is 0 Å². The largest absolute Gasteiger partial charge is 0.480 e. The second-order valence-electron chi connectivity index (χ2n) is 5.94. The van der Waals surface area contributed by atoms with Crippen LogP contribution in [0.1, 0.15) is 12.6 Å². The van der Waals surface area contributed by atoms with Crippen LogP contribution in [-0.2, 0) is 25.6 Å². The normalized spacial score (nSPS) is 15.0. The minimum absolute atomic E-state index is 0.134. The molecule has 1 rings (SSSR count). The topological polar surface area (TPSA) is 200 Å². The number of H-pyrrole nitrogens is 1. The third kappa shape index (κ3) is 7.17. The van der Waals surface area contributed by atoms with Crippen molar-refractivity contribution in [3.63, 3.8) is 0 Å². The van der Waals surface area contributed by atoms with E-state index < -0.39 is 54.5 Å². The van der Waals surface area contributed by atoms with Gasteiger partial charge in [-0.05, 0) is 6.92 Å². The number of aliphatic hydroxyl groups is 1. The van der Waals surface area contributed by atoms with Crippen LogP contribution in [-0.4, -0.2) is 80.4 Å². The Bertz CT molecular complexity index is 685. The number of aromatic nitrogens is 2. The third-order valence-electron chi connectivity index (χ3n) is 3.70. The Morgan fingerprint density at radius 1 is 1.18 bits per heavy atom. The average molecular weight is 416 g/mol. The van der Waals surface area contributed by atoms with Gasteiger partial charge in [-0.2, -0.15) is 12.6 Å². The molecule has 0 aromatic carbocycles. The van der Waals surface area contributed by atoms with E-state index in [1.54, 1.807) is 0 Å². The van der Waals surface area contributed by atoms with Crippen molar-refractivity contribution in [3.8, 4) is 0 Å². The first-order valence-corrected chi connectivity index (χ1v) is 8.91. The zero-order chi connectivity index (χ0) is 21.3. The number of imidazole rings is 1. The van der Waals surface area contributed by atoms with E-state index in [1.165, 1.54) is 19.4 Å². The molecule has 156 valence electrons. The number of rotatable bonds is 11. The quantitative estimate of drug-likeness (QED) is 0.172. The highest BCUT2D eigenvalue weighted by molar-refractivity contribution is 7.80. The van der Waals surface area contributed by atoms with Gasteiger partial charge >= 0.3 is 5.97 Å². The molecule has 0 spiro atoms. The summed E-state index contributed by atoms with van der Waals surface area (Å²) >= 11 is 3.82. The molecule has 0 saturated heterocycles. The highest BCUT2D eigenvalue weighted by atomic mass is 32.1. The lowest BCUT2D eigenvalue weighted by molar-refractivity contribution is -0.141. The fraction of sp³-hybridized carbons (Fsp3) is 0.533. The van der Waals surface area contributed by atoms with Gasteiger partial charge in [0.2, 0.25) is 17.7 Å². The number of nitrogens with zero attached hydrogens (tertiary/aromatic N) is 1. The summed E-state index contributed by atoms with van der Waals surface area (Å²) in [6.07, 6.45) is 3.07. The van der Waals surface area contributed by atoms with Crippen molar-refractivity contribution < 1.29 is 29.4 Å². The number of aliphatic carboxylic acids is 1. The summed E-state index contributed by atoms with van der Waals surface area (Å²) in [5.74, 6) is -3.67. The number of carboxylic acid groups (broad SMARTS) is 1. The first-order chi connectivity index (χ1) is 13.2. The predicted octanol–water partition coefficient (Wildman–Crippen LogP) is -3.24. The Kier molecular flexibility index (Phi) is 9.41. The first-order valence-electron chi connectivity index (χ1n) is 8.28. The molecule has 1 heterocycles. The number of aromatic amines is 1. The molecule has 0 aliphatic rings. The molecular formula is C15H24N6O6S. The fourth-order valence-corrected chi connectivity index (χ4v) is 2.31. The number of nitrogens with one attached hydrogen (secondary N) is 4. The lowest BCUT2D eigenvalue weighted by atomic mass is 10.1. The standard InChI is InChI=1S/C15H24N6O6S/c1-7(12(23)21-11(5-28)15(26)27)19-14(25)10(4-22)20-13(24)9(16)2-8-3-17-6-18-8/h3,6-7,9-11,22,28H,2,4-5,16H2,1H3,(H,17,18)(H,19,25)(H,20,24)(H,21,23)(H,26,27). The van der Waals surface area contributed by atoms with Crippen molar-refractivity contribution >= 4 is 36.3 Å². The van der Waals surface area contributed by atoms with Gasteiger partial charge < -0.3 is 36.9 Å². The summed E-state index contributed by atoms with van der Waals surface area (Å²) in [6.45, 7) is 0.599. The highest BCUT2D eigenvalue weighted by Crippen LogP contribution is 1.98. The molecule has 4 atom stereocenters. The Labute approximate surface area is 166 Å². The molecule has 13 heteroatoms. The van der Waals surface area contributed by atoms with Gasteiger partial charge in [0.05, 0.1) is 19.0 Å². The van der Waals surface area contributed by atoms with E-state index in [0.29, 0.717) is 5.69 Å². The Hall–Kier alpha value is -2.64. The first kappa shape index (κ1) is 23.4. The monoisotopic (exact) mass is 416 g/mol. The smallest absolute Gasteiger partial charge is 0.327 e. The molecule has 0 aliphatic heterocycles. The number of carbonyl (C=O) groups is 4. The average Bonchev–Trinajstić information content (AvgIpc) is 3.15. The van der Waals surface area contributed by atoms with Crippen LogP contribution in [0.2, 0.25) is 0 Å². The molecule has 1 aromatic heterocycles. The van der Waals surface area contributed by atoms with Crippen molar-refractivity contribution in [1.29, 1.82) is 0 Å². The fourth-order valence-electron chi connectivity index (χ4n) is 2.06. The molecule has 1 aromatic rings. The number of carboxylic acids is 1. The Morgan fingerprint density at radius 3 is 2.32 bits per heavy atom. The van der Waals surface area contributed by atoms with Gasteiger partial charge in [-0.3, -0.25) is 14.4 Å². The van der Waals surface area contributed by atoms with Crippen molar-refractivity contribution in [3.05, 3.63) is 18.2 Å². The summed E-state index contributed by atoms with van der Waals surface area (Å²) < 4.78 is 0. The van der Waals surface area contributed by atoms with E-state index in [1.807, 2.05) is 0 Å². The lowest BCUT2D eigenvalue weighted by Gasteiger charge is -2.22. The van der Waals surface area contributed by atoms with Gasteiger partial charge in [-0.1, -0.05) is 0 Å². The van der Waals surface area contributed by atoms with Gasteiger partial charge in [0.15, 0.2) is 0 Å². The van der Waals surface area contributed by atoms with E-state index in [0.717, 1.165) is 0 Å². The predicted molar refractivity (Wildman–Crippen MR) is 100 cm³/mol. The Morgan fingerprint density at radius 2 is 1.82 bits per heavy atom. The summed E-state index contributed by atoms with van der Waals surface area (Å²) in [4.78, 5) is 53.8.